The topological polar surface area (TPSA) is 12.0 Å². The minimum atomic E-state index is 0.684. The first-order valence-corrected chi connectivity index (χ1v) is 7.59. The molecular weight excluding hydrogens is 218 g/mol. The zero-order valence-electron chi connectivity index (χ0n) is 11.7. The van der Waals surface area contributed by atoms with Crippen molar-refractivity contribution in [1.82, 2.24) is 0 Å². The summed E-state index contributed by atoms with van der Waals surface area (Å²) in [5.41, 5.74) is 4.50. The fraction of sp³-hybridized carbons (Fsp3) is 0.647. The van der Waals surface area contributed by atoms with E-state index in [0.29, 0.717) is 6.04 Å². The average molecular weight is 243 g/mol. The van der Waals surface area contributed by atoms with Crippen LogP contribution in [0.3, 0.4) is 0 Å². The quantitative estimate of drug-likeness (QED) is 0.811. The number of hydrogen-bond donors (Lipinski definition) is 1. The van der Waals surface area contributed by atoms with Crippen LogP contribution in [0.4, 0.5) is 5.69 Å². The van der Waals surface area contributed by atoms with Crippen molar-refractivity contribution in [3.63, 3.8) is 0 Å². The van der Waals surface area contributed by atoms with Crippen molar-refractivity contribution in [2.75, 3.05) is 5.32 Å². The molecule has 98 valence electrons. The van der Waals surface area contributed by atoms with Crippen LogP contribution in [-0.2, 0) is 12.8 Å². The molecule has 2 aliphatic rings. The summed E-state index contributed by atoms with van der Waals surface area (Å²) in [4.78, 5) is 0. The molecular formula is C17H25N. The van der Waals surface area contributed by atoms with Crippen molar-refractivity contribution in [3.8, 4) is 0 Å². The van der Waals surface area contributed by atoms with Crippen LogP contribution in [0, 0.1) is 11.8 Å². The number of hydrogen-bond acceptors (Lipinski definition) is 1. The molecule has 1 nitrogen and oxygen atoms in total. The highest BCUT2D eigenvalue weighted by Crippen LogP contribution is 2.31. The number of anilines is 1. The van der Waals surface area contributed by atoms with E-state index in [9.17, 15) is 0 Å². The van der Waals surface area contributed by atoms with Gasteiger partial charge in [0.2, 0.25) is 0 Å². The zero-order valence-corrected chi connectivity index (χ0v) is 11.7. The molecule has 1 aromatic carbocycles. The second kappa shape index (κ2) is 4.95. The Balaban J connectivity index is 1.69. The van der Waals surface area contributed by atoms with Crippen molar-refractivity contribution in [1.29, 1.82) is 0 Å². The summed E-state index contributed by atoms with van der Waals surface area (Å²) in [5.74, 6) is 1.75. The van der Waals surface area contributed by atoms with Gasteiger partial charge in [-0.05, 0) is 73.6 Å². The fourth-order valence-corrected chi connectivity index (χ4v) is 3.96. The van der Waals surface area contributed by atoms with Crippen LogP contribution in [0.15, 0.2) is 18.2 Å². The first-order chi connectivity index (χ1) is 8.70. The molecule has 1 saturated carbocycles. The van der Waals surface area contributed by atoms with Crippen LogP contribution in [0.1, 0.15) is 50.7 Å². The number of nitrogens with one attached hydrogen (secondary N) is 1. The van der Waals surface area contributed by atoms with Gasteiger partial charge in [-0.25, -0.2) is 0 Å². The van der Waals surface area contributed by atoms with Gasteiger partial charge in [0.1, 0.15) is 0 Å². The minimum Gasteiger partial charge on any atom is -0.382 e. The summed E-state index contributed by atoms with van der Waals surface area (Å²) in [6.07, 6.45) is 7.98. The van der Waals surface area contributed by atoms with Crippen molar-refractivity contribution in [3.05, 3.63) is 29.3 Å². The maximum absolute atomic E-state index is 3.77. The van der Waals surface area contributed by atoms with E-state index in [-0.39, 0.29) is 0 Å². The molecule has 2 atom stereocenters. The molecule has 0 bridgehead atoms. The molecule has 0 aromatic heterocycles. The Morgan fingerprint density at radius 1 is 0.944 bits per heavy atom. The Hall–Kier alpha value is -0.980. The van der Waals surface area contributed by atoms with Crippen LogP contribution in [0.2, 0.25) is 0 Å². The largest absolute Gasteiger partial charge is 0.382 e. The van der Waals surface area contributed by atoms with Gasteiger partial charge in [0.05, 0.1) is 0 Å². The monoisotopic (exact) mass is 243 g/mol. The molecule has 1 heteroatoms. The Bertz CT molecular complexity index is 414. The molecule has 0 spiro atoms. The third kappa shape index (κ3) is 2.55. The molecule has 1 fully saturated rings. The number of fused-ring (bicyclic) bond motifs is 1. The van der Waals surface area contributed by atoms with Crippen LogP contribution in [0.5, 0.6) is 0 Å². The van der Waals surface area contributed by atoms with Crippen molar-refractivity contribution in [2.24, 2.45) is 11.8 Å². The fourth-order valence-electron chi connectivity index (χ4n) is 3.96. The van der Waals surface area contributed by atoms with Gasteiger partial charge in [-0.15, -0.1) is 0 Å². The summed E-state index contributed by atoms with van der Waals surface area (Å²) in [6, 6.07) is 7.70. The number of aryl methyl sites for hydroxylation is 2. The van der Waals surface area contributed by atoms with Crippen LogP contribution in [-0.4, -0.2) is 6.04 Å². The van der Waals surface area contributed by atoms with Gasteiger partial charge in [0.15, 0.2) is 0 Å². The molecule has 0 aliphatic heterocycles. The van der Waals surface area contributed by atoms with E-state index in [2.05, 4.69) is 37.4 Å². The third-order valence-corrected chi connectivity index (χ3v) is 4.65. The highest BCUT2D eigenvalue weighted by molar-refractivity contribution is 5.50. The summed E-state index contributed by atoms with van der Waals surface area (Å²) in [7, 11) is 0. The van der Waals surface area contributed by atoms with Crippen LogP contribution < -0.4 is 5.32 Å². The SMILES string of the molecule is CC1CC(C)CC(Nc2ccc3c(c2)CCC3)C1. The Labute approximate surface area is 111 Å². The lowest BCUT2D eigenvalue weighted by atomic mass is 9.80. The molecule has 1 aromatic rings. The van der Waals surface area contributed by atoms with E-state index in [4.69, 9.17) is 0 Å². The van der Waals surface area contributed by atoms with E-state index < -0.39 is 0 Å². The summed E-state index contributed by atoms with van der Waals surface area (Å²) >= 11 is 0. The molecule has 0 heterocycles. The van der Waals surface area contributed by atoms with E-state index in [0.717, 1.165) is 11.8 Å². The Kier molecular flexibility index (Phi) is 3.32. The molecule has 0 saturated heterocycles. The lowest BCUT2D eigenvalue weighted by Crippen LogP contribution is -2.30. The highest BCUT2D eigenvalue weighted by Gasteiger charge is 2.23. The number of rotatable bonds is 2. The van der Waals surface area contributed by atoms with Crippen LogP contribution in [0.25, 0.3) is 0 Å². The van der Waals surface area contributed by atoms with Gasteiger partial charge in [-0.2, -0.15) is 0 Å². The Morgan fingerprint density at radius 2 is 1.67 bits per heavy atom. The van der Waals surface area contributed by atoms with Crippen molar-refractivity contribution >= 4 is 5.69 Å². The van der Waals surface area contributed by atoms with Gasteiger partial charge < -0.3 is 5.32 Å². The van der Waals surface area contributed by atoms with Crippen LogP contribution >= 0.6 is 0 Å². The second-order valence-electron chi connectivity index (χ2n) is 6.60. The van der Waals surface area contributed by atoms with E-state index in [1.807, 2.05) is 0 Å². The molecule has 2 aliphatic carbocycles. The van der Waals surface area contributed by atoms with Gasteiger partial charge in [-0.3, -0.25) is 0 Å². The zero-order chi connectivity index (χ0) is 12.5. The minimum absolute atomic E-state index is 0.684. The molecule has 3 rings (SSSR count). The van der Waals surface area contributed by atoms with Crippen molar-refractivity contribution < 1.29 is 0 Å². The first kappa shape index (κ1) is 12.1. The highest BCUT2D eigenvalue weighted by atomic mass is 14.9. The second-order valence-corrected chi connectivity index (χ2v) is 6.60. The lowest BCUT2D eigenvalue weighted by Gasteiger charge is -2.32. The van der Waals surface area contributed by atoms with Gasteiger partial charge in [0, 0.05) is 11.7 Å². The van der Waals surface area contributed by atoms with Gasteiger partial charge >= 0.3 is 0 Å². The first-order valence-electron chi connectivity index (χ1n) is 7.59. The predicted molar refractivity (Wildman–Crippen MR) is 78.1 cm³/mol. The molecule has 0 amide bonds. The average Bonchev–Trinajstić information content (AvgIpc) is 2.74. The summed E-state index contributed by atoms with van der Waals surface area (Å²) in [5, 5.41) is 3.77. The predicted octanol–water partition coefficient (Wildman–Crippen LogP) is 4.41. The van der Waals surface area contributed by atoms with Crippen molar-refractivity contribution in [2.45, 2.75) is 58.4 Å². The maximum Gasteiger partial charge on any atom is 0.0345 e. The third-order valence-electron chi connectivity index (χ3n) is 4.65. The smallest absolute Gasteiger partial charge is 0.0345 e. The normalized spacial score (nSPS) is 31.1. The van der Waals surface area contributed by atoms with E-state index >= 15 is 0 Å². The molecule has 18 heavy (non-hydrogen) atoms. The summed E-state index contributed by atoms with van der Waals surface area (Å²) < 4.78 is 0. The standard InChI is InChI=1S/C17H25N/c1-12-8-13(2)10-17(9-12)18-16-7-6-14-4-3-5-15(14)11-16/h6-7,11-13,17-18H,3-5,8-10H2,1-2H3. The summed E-state index contributed by atoms with van der Waals surface area (Å²) in [6.45, 7) is 4.79. The van der Waals surface area contributed by atoms with Gasteiger partial charge in [-0.1, -0.05) is 19.9 Å². The lowest BCUT2D eigenvalue weighted by molar-refractivity contribution is 0.281. The Morgan fingerprint density at radius 3 is 2.44 bits per heavy atom. The van der Waals surface area contributed by atoms with Gasteiger partial charge in [0.25, 0.3) is 0 Å². The molecule has 2 unspecified atom stereocenters. The number of benzene rings is 1. The van der Waals surface area contributed by atoms with E-state index in [1.165, 1.54) is 44.2 Å². The molecule has 1 N–H and O–H groups in total. The van der Waals surface area contributed by atoms with E-state index in [1.54, 1.807) is 11.1 Å². The maximum atomic E-state index is 3.77. The molecule has 0 radical (unpaired) electrons.